The third-order valence-electron chi connectivity index (χ3n) is 1.19. The molecule has 0 aliphatic carbocycles. The summed E-state index contributed by atoms with van der Waals surface area (Å²) in [5.74, 6) is -0.438. The predicted molar refractivity (Wildman–Crippen MR) is 41.0 cm³/mol. The predicted octanol–water partition coefficient (Wildman–Crippen LogP) is -0.349. The van der Waals surface area contributed by atoms with Crippen molar-refractivity contribution in [1.29, 1.82) is 0 Å². The maximum atomic E-state index is 10.1. The summed E-state index contributed by atoms with van der Waals surface area (Å²) < 4.78 is 4.89. The largest absolute Gasteiger partial charge is 0.396 e. The Morgan fingerprint density at radius 3 is 2.64 bits per heavy atom. The van der Waals surface area contributed by atoms with E-state index in [2.05, 4.69) is 0 Å². The summed E-state index contributed by atoms with van der Waals surface area (Å²) in [7, 11) is 0. The molecule has 0 aromatic rings. The third-order valence-corrected chi connectivity index (χ3v) is 1.19. The van der Waals surface area contributed by atoms with Crippen LogP contribution in [-0.2, 0) is 9.53 Å². The molecular weight excluding hydrogens is 146 g/mol. The first-order chi connectivity index (χ1) is 5.27. The smallest absolute Gasteiger partial charge is 0.243 e. The second-order valence-electron chi connectivity index (χ2n) is 2.30. The van der Waals surface area contributed by atoms with Crippen molar-refractivity contribution in [2.75, 3.05) is 19.8 Å². The summed E-state index contributed by atoms with van der Waals surface area (Å²) in [6.45, 7) is 0.762. The highest BCUT2D eigenvalue weighted by Crippen LogP contribution is 1.93. The molecule has 3 N–H and O–H groups in total. The van der Waals surface area contributed by atoms with Gasteiger partial charge in [-0.15, -0.1) is 0 Å². The van der Waals surface area contributed by atoms with Gasteiger partial charge in [0.2, 0.25) is 5.91 Å². The Balaban J connectivity index is 2.85. The number of carbonyl (C=O) groups is 1. The fourth-order valence-electron chi connectivity index (χ4n) is 0.665. The molecule has 0 saturated heterocycles. The Hall–Kier alpha value is -0.610. The van der Waals surface area contributed by atoms with Crippen molar-refractivity contribution in [3.63, 3.8) is 0 Å². The van der Waals surface area contributed by atoms with Crippen LogP contribution in [0.15, 0.2) is 0 Å². The molecule has 4 heteroatoms. The van der Waals surface area contributed by atoms with Crippen LogP contribution in [0.2, 0.25) is 0 Å². The molecule has 0 spiro atoms. The van der Waals surface area contributed by atoms with Crippen LogP contribution < -0.4 is 5.73 Å². The van der Waals surface area contributed by atoms with Gasteiger partial charge in [-0.2, -0.15) is 0 Å². The first-order valence-corrected chi connectivity index (χ1v) is 3.74. The van der Waals surface area contributed by atoms with Crippen molar-refractivity contribution in [3.8, 4) is 0 Å². The molecule has 0 aliphatic rings. The number of primary amides is 1. The number of aliphatic hydroxyl groups excluding tert-OH is 1. The molecule has 0 fully saturated rings. The van der Waals surface area contributed by atoms with Crippen molar-refractivity contribution in [3.05, 3.63) is 0 Å². The summed E-state index contributed by atoms with van der Waals surface area (Å²) in [6, 6.07) is 0. The normalized spacial score (nSPS) is 9.91. The average Bonchev–Trinajstić information content (AvgIpc) is 1.96. The number of nitrogens with two attached hydrogens (primary N) is 1. The summed E-state index contributed by atoms with van der Waals surface area (Å²) in [5, 5.41) is 8.40. The molecule has 0 rings (SSSR count). The number of hydrogen-bond donors (Lipinski definition) is 2. The molecule has 0 bridgehead atoms. The quantitative estimate of drug-likeness (QED) is 0.501. The Morgan fingerprint density at radius 2 is 2.09 bits per heavy atom. The van der Waals surface area contributed by atoms with Gasteiger partial charge in [0.25, 0.3) is 0 Å². The molecule has 0 radical (unpaired) electrons. The van der Waals surface area contributed by atoms with Crippen LogP contribution in [0.1, 0.15) is 19.3 Å². The lowest BCUT2D eigenvalue weighted by Gasteiger charge is -1.99. The fourth-order valence-corrected chi connectivity index (χ4v) is 0.665. The number of ether oxygens (including phenoxy) is 1. The van der Waals surface area contributed by atoms with Crippen LogP contribution in [-0.4, -0.2) is 30.8 Å². The van der Waals surface area contributed by atoms with E-state index in [1.807, 2.05) is 0 Å². The fraction of sp³-hybridized carbons (Fsp3) is 0.857. The lowest BCUT2D eigenvalue weighted by molar-refractivity contribution is -0.122. The second kappa shape index (κ2) is 7.50. The van der Waals surface area contributed by atoms with E-state index in [9.17, 15) is 4.79 Å². The number of amides is 1. The first kappa shape index (κ1) is 10.4. The standard InChI is InChI=1S/C7H15NO3/c8-7(10)6-11-5-3-1-2-4-9/h9H,1-6H2,(H2,8,10). The van der Waals surface area contributed by atoms with Crippen LogP contribution in [0.4, 0.5) is 0 Å². The van der Waals surface area contributed by atoms with Crippen LogP contribution in [0, 0.1) is 0 Å². The number of rotatable bonds is 7. The monoisotopic (exact) mass is 161 g/mol. The highest BCUT2D eigenvalue weighted by atomic mass is 16.5. The Kier molecular flexibility index (Phi) is 7.08. The van der Waals surface area contributed by atoms with Gasteiger partial charge in [0.15, 0.2) is 0 Å². The van der Waals surface area contributed by atoms with E-state index >= 15 is 0 Å². The molecule has 66 valence electrons. The molecule has 0 unspecified atom stereocenters. The topological polar surface area (TPSA) is 72.6 Å². The highest BCUT2D eigenvalue weighted by Gasteiger charge is 1.92. The van der Waals surface area contributed by atoms with Gasteiger partial charge >= 0.3 is 0 Å². The lowest BCUT2D eigenvalue weighted by atomic mass is 10.2. The first-order valence-electron chi connectivity index (χ1n) is 3.74. The van der Waals surface area contributed by atoms with E-state index in [-0.39, 0.29) is 13.2 Å². The molecule has 0 aromatic heterocycles. The second-order valence-corrected chi connectivity index (χ2v) is 2.30. The van der Waals surface area contributed by atoms with E-state index in [1.54, 1.807) is 0 Å². The molecule has 0 saturated carbocycles. The molecule has 1 amide bonds. The number of carbonyl (C=O) groups excluding carboxylic acids is 1. The zero-order valence-corrected chi connectivity index (χ0v) is 6.58. The Bertz CT molecular complexity index is 106. The summed E-state index contributed by atoms with van der Waals surface area (Å²) in [6.07, 6.45) is 2.59. The average molecular weight is 161 g/mol. The molecule has 0 heterocycles. The Morgan fingerprint density at radius 1 is 1.36 bits per heavy atom. The Labute approximate surface area is 66.3 Å². The highest BCUT2D eigenvalue weighted by molar-refractivity contribution is 5.74. The molecule has 11 heavy (non-hydrogen) atoms. The lowest BCUT2D eigenvalue weighted by Crippen LogP contribution is -2.18. The van der Waals surface area contributed by atoms with Gasteiger partial charge in [0.05, 0.1) is 0 Å². The minimum absolute atomic E-state index is 0.000868. The van der Waals surface area contributed by atoms with Gasteiger partial charge in [-0.05, 0) is 19.3 Å². The molecule has 0 aliphatic heterocycles. The van der Waals surface area contributed by atoms with Crippen LogP contribution >= 0.6 is 0 Å². The minimum Gasteiger partial charge on any atom is -0.396 e. The van der Waals surface area contributed by atoms with Crippen LogP contribution in [0.3, 0.4) is 0 Å². The van der Waals surface area contributed by atoms with Gasteiger partial charge in [-0.25, -0.2) is 0 Å². The summed E-state index contributed by atoms with van der Waals surface area (Å²) >= 11 is 0. The van der Waals surface area contributed by atoms with Crippen molar-refractivity contribution in [2.45, 2.75) is 19.3 Å². The van der Waals surface area contributed by atoms with Crippen LogP contribution in [0.25, 0.3) is 0 Å². The van der Waals surface area contributed by atoms with E-state index in [0.717, 1.165) is 19.3 Å². The van der Waals surface area contributed by atoms with Gasteiger partial charge in [0.1, 0.15) is 6.61 Å². The van der Waals surface area contributed by atoms with Gasteiger partial charge in [-0.1, -0.05) is 0 Å². The molecule has 4 nitrogen and oxygen atoms in total. The van der Waals surface area contributed by atoms with Crippen molar-refractivity contribution in [2.24, 2.45) is 5.73 Å². The van der Waals surface area contributed by atoms with Crippen molar-refractivity contribution in [1.82, 2.24) is 0 Å². The van der Waals surface area contributed by atoms with Crippen molar-refractivity contribution < 1.29 is 14.6 Å². The van der Waals surface area contributed by atoms with E-state index < -0.39 is 5.91 Å². The van der Waals surface area contributed by atoms with Crippen LogP contribution in [0.5, 0.6) is 0 Å². The number of unbranched alkanes of at least 4 members (excludes halogenated alkanes) is 2. The SMILES string of the molecule is NC(=O)COCCCCCO. The van der Waals surface area contributed by atoms with Gasteiger partial charge < -0.3 is 15.6 Å². The van der Waals surface area contributed by atoms with Gasteiger partial charge in [-0.3, -0.25) is 4.79 Å². The molecule has 0 aromatic carbocycles. The van der Waals surface area contributed by atoms with Gasteiger partial charge in [0, 0.05) is 13.2 Å². The van der Waals surface area contributed by atoms with E-state index in [4.69, 9.17) is 15.6 Å². The zero-order chi connectivity index (χ0) is 8.53. The van der Waals surface area contributed by atoms with E-state index in [1.165, 1.54) is 0 Å². The minimum atomic E-state index is -0.438. The number of aliphatic hydroxyl groups is 1. The zero-order valence-electron chi connectivity index (χ0n) is 6.58. The maximum Gasteiger partial charge on any atom is 0.243 e. The van der Waals surface area contributed by atoms with Crippen molar-refractivity contribution >= 4 is 5.91 Å². The number of hydrogen-bond acceptors (Lipinski definition) is 3. The maximum absolute atomic E-state index is 10.1. The summed E-state index contributed by atoms with van der Waals surface area (Å²) in [5.41, 5.74) is 4.83. The molecular formula is C7H15NO3. The van der Waals surface area contributed by atoms with E-state index in [0.29, 0.717) is 6.61 Å². The molecule has 0 atom stereocenters. The summed E-state index contributed by atoms with van der Waals surface area (Å²) in [4.78, 5) is 10.1. The third kappa shape index (κ3) is 9.39.